The first-order valence-corrected chi connectivity index (χ1v) is 10.8. The molecule has 2 aromatic heterocycles. The SMILES string of the molecule is CP1OC(=O)c2cccc(n2)C(C)(C)c2cccc(n2)-c2c1cc(F)c(C#N)c2F. The van der Waals surface area contributed by atoms with Crippen LogP contribution in [0, 0.1) is 23.0 Å². The number of nitriles is 1. The van der Waals surface area contributed by atoms with E-state index in [9.17, 15) is 14.4 Å². The van der Waals surface area contributed by atoms with Gasteiger partial charge in [-0.3, -0.25) is 4.98 Å². The molecule has 0 N–H and O–H groups in total. The van der Waals surface area contributed by atoms with E-state index in [2.05, 4.69) is 9.97 Å². The largest absolute Gasteiger partial charge is 0.436 e. The van der Waals surface area contributed by atoms with Crippen LogP contribution in [0.2, 0.25) is 0 Å². The van der Waals surface area contributed by atoms with Crippen LogP contribution in [0.4, 0.5) is 8.78 Å². The average molecular weight is 423 g/mol. The van der Waals surface area contributed by atoms with Crippen molar-refractivity contribution in [2.45, 2.75) is 19.3 Å². The lowest BCUT2D eigenvalue weighted by Gasteiger charge is -2.26. The number of rotatable bonds is 0. The van der Waals surface area contributed by atoms with Crippen LogP contribution in [-0.4, -0.2) is 22.6 Å². The van der Waals surface area contributed by atoms with Crippen molar-refractivity contribution in [3.63, 3.8) is 0 Å². The zero-order valence-corrected chi connectivity index (χ0v) is 17.3. The highest BCUT2D eigenvalue weighted by molar-refractivity contribution is 7.61. The van der Waals surface area contributed by atoms with Crippen LogP contribution in [0.5, 0.6) is 0 Å². The summed E-state index contributed by atoms with van der Waals surface area (Å²) < 4.78 is 35.2. The smallest absolute Gasteiger partial charge is 0.359 e. The Kier molecular flexibility index (Phi) is 4.83. The zero-order chi connectivity index (χ0) is 21.6. The molecule has 0 aliphatic carbocycles. The predicted molar refractivity (Wildman–Crippen MR) is 109 cm³/mol. The molecule has 3 aromatic rings. The van der Waals surface area contributed by atoms with E-state index in [0.717, 1.165) is 6.07 Å². The Bertz CT molecular complexity index is 1240. The number of carbonyl (C=O) groups excluding carboxylic acids is 1. The lowest BCUT2D eigenvalue weighted by Crippen LogP contribution is -2.25. The van der Waals surface area contributed by atoms with Gasteiger partial charge in [0.05, 0.1) is 17.1 Å². The molecule has 150 valence electrons. The normalized spacial score (nSPS) is 17.1. The topological polar surface area (TPSA) is 75.9 Å². The van der Waals surface area contributed by atoms with Gasteiger partial charge in [0.25, 0.3) is 0 Å². The first-order chi connectivity index (χ1) is 14.2. The lowest BCUT2D eigenvalue weighted by molar-refractivity contribution is 0.0751. The van der Waals surface area contributed by atoms with Gasteiger partial charge in [-0.25, -0.2) is 18.6 Å². The van der Waals surface area contributed by atoms with Crippen LogP contribution in [0.3, 0.4) is 0 Å². The van der Waals surface area contributed by atoms with E-state index in [1.165, 1.54) is 6.07 Å². The second-order valence-electron chi connectivity index (χ2n) is 7.37. The van der Waals surface area contributed by atoms with Crippen LogP contribution in [0.25, 0.3) is 11.3 Å². The highest BCUT2D eigenvalue weighted by Gasteiger charge is 2.31. The fourth-order valence-electron chi connectivity index (χ4n) is 3.37. The molecule has 5 nitrogen and oxygen atoms in total. The minimum atomic E-state index is -1.77. The molecule has 1 unspecified atom stereocenters. The van der Waals surface area contributed by atoms with E-state index < -0.39 is 36.7 Å². The van der Waals surface area contributed by atoms with Gasteiger partial charge in [-0.2, -0.15) is 5.26 Å². The van der Waals surface area contributed by atoms with E-state index in [1.54, 1.807) is 43.1 Å². The summed E-state index contributed by atoms with van der Waals surface area (Å²) in [5.74, 6) is -2.72. The van der Waals surface area contributed by atoms with Gasteiger partial charge in [-0.1, -0.05) is 12.1 Å². The van der Waals surface area contributed by atoms with E-state index in [-0.39, 0.29) is 22.3 Å². The van der Waals surface area contributed by atoms with Crippen LogP contribution in [-0.2, 0) is 9.94 Å². The van der Waals surface area contributed by atoms with Crippen LogP contribution >= 0.6 is 8.15 Å². The molecule has 0 saturated carbocycles. The van der Waals surface area contributed by atoms with Crippen molar-refractivity contribution in [3.05, 3.63) is 76.7 Å². The summed E-state index contributed by atoms with van der Waals surface area (Å²) in [6.07, 6.45) is 0. The van der Waals surface area contributed by atoms with Crippen molar-refractivity contribution in [3.8, 4) is 17.3 Å². The molecule has 4 bridgehead atoms. The van der Waals surface area contributed by atoms with Gasteiger partial charge >= 0.3 is 5.97 Å². The third-order valence-corrected chi connectivity index (χ3v) is 6.58. The third kappa shape index (κ3) is 3.14. The zero-order valence-electron chi connectivity index (χ0n) is 16.4. The number of hydrogen-bond acceptors (Lipinski definition) is 5. The Morgan fingerprint density at radius 2 is 1.67 bits per heavy atom. The Morgan fingerprint density at radius 3 is 2.30 bits per heavy atom. The van der Waals surface area contributed by atoms with Gasteiger partial charge < -0.3 is 4.52 Å². The molecule has 4 rings (SSSR count). The molecule has 0 fully saturated rings. The van der Waals surface area contributed by atoms with E-state index in [1.807, 2.05) is 13.8 Å². The van der Waals surface area contributed by atoms with E-state index >= 15 is 4.39 Å². The molecule has 30 heavy (non-hydrogen) atoms. The molecule has 0 radical (unpaired) electrons. The summed E-state index contributed by atoms with van der Waals surface area (Å²) in [5, 5.41) is 9.37. The number of hydrogen-bond donors (Lipinski definition) is 0. The first-order valence-electron chi connectivity index (χ1n) is 9.07. The molecule has 1 aromatic carbocycles. The van der Waals surface area contributed by atoms with Gasteiger partial charge in [0, 0.05) is 16.3 Å². The Balaban J connectivity index is 2.09. The molecular weight excluding hydrogens is 407 g/mol. The quantitative estimate of drug-likeness (QED) is 0.500. The minimum absolute atomic E-state index is 0.0378. The van der Waals surface area contributed by atoms with Crippen molar-refractivity contribution in [2.24, 2.45) is 0 Å². The molecule has 8 heteroatoms. The highest BCUT2D eigenvalue weighted by Crippen LogP contribution is 2.40. The van der Waals surface area contributed by atoms with Crippen molar-refractivity contribution in [2.75, 3.05) is 6.66 Å². The first kappa shape index (κ1) is 20.1. The fraction of sp³-hybridized carbons (Fsp3) is 0.182. The fourth-order valence-corrected chi connectivity index (χ4v) is 4.63. The maximum atomic E-state index is 15.3. The second kappa shape index (κ2) is 7.23. The standard InChI is InChI=1S/C22H16F2N3O2P/c1-22(2)17-8-4-6-14(26-17)19-16(10-13(23)12(11-25)20(19)24)30(3)29-21(28)15-7-5-9-18(22)27-15/h4-10H,1-3H3. The number of fused-ring (bicyclic) bond motifs is 6. The van der Waals surface area contributed by atoms with Crippen molar-refractivity contribution < 1.29 is 18.1 Å². The maximum Gasteiger partial charge on any atom is 0.359 e. The minimum Gasteiger partial charge on any atom is -0.436 e. The van der Waals surface area contributed by atoms with Gasteiger partial charge in [0.1, 0.15) is 31.3 Å². The Hall–Kier alpha value is -3.23. The summed E-state index contributed by atoms with van der Waals surface area (Å²) in [4.78, 5) is 21.8. The van der Waals surface area contributed by atoms with Crippen LogP contribution in [0.15, 0.2) is 42.5 Å². The van der Waals surface area contributed by atoms with E-state index in [4.69, 9.17) is 4.52 Å². The lowest BCUT2D eigenvalue weighted by atomic mass is 9.84. The highest BCUT2D eigenvalue weighted by atomic mass is 31.1. The number of nitrogens with zero attached hydrogens (tertiary/aromatic N) is 3. The molecule has 0 saturated heterocycles. The van der Waals surface area contributed by atoms with E-state index in [0.29, 0.717) is 11.4 Å². The number of aromatic nitrogens is 2. The number of carbonyl (C=O) groups is 1. The van der Waals surface area contributed by atoms with Gasteiger partial charge in [-0.15, -0.1) is 0 Å². The Morgan fingerprint density at radius 1 is 1.07 bits per heavy atom. The van der Waals surface area contributed by atoms with Crippen molar-refractivity contribution in [1.29, 1.82) is 5.26 Å². The third-order valence-electron chi connectivity index (χ3n) is 5.11. The molecule has 1 aliphatic rings. The monoisotopic (exact) mass is 423 g/mol. The molecule has 3 heterocycles. The van der Waals surface area contributed by atoms with Crippen LogP contribution in [0.1, 0.15) is 41.3 Å². The maximum absolute atomic E-state index is 15.3. The van der Waals surface area contributed by atoms with Crippen LogP contribution < -0.4 is 5.30 Å². The summed E-state index contributed by atoms with van der Waals surface area (Å²) >= 11 is 0. The molecule has 1 aliphatic heterocycles. The molecule has 0 amide bonds. The second-order valence-corrected chi connectivity index (χ2v) is 9.03. The number of halogens is 2. The van der Waals surface area contributed by atoms with Crippen molar-refractivity contribution >= 4 is 19.4 Å². The van der Waals surface area contributed by atoms with Crippen molar-refractivity contribution in [1.82, 2.24) is 9.97 Å². The Labute approximate surface area is 173 Å². The number of pyridine rings is 2. The van der Waals surface area contributed by atoms with Gasteiger partial charge in [0.15, 0.2) is 5.82 Å². The number of benzene rings is 1. The molecular formula is C22H16F2N3O2P. The predicted octanol–water partition coefficient (Wildman–Crippen LogP) is 4.44. The summed E-state index contributed by atoms with van der Waals surface area (Å²) in [6, 6.07) is 12.7. The summed E-state index contributed by atoms with van der Waals surface area (Å²) in [6.45, 7) is 5.34. The molecule has 0 spiro atoms. The molecule has 1 atom stereocenters. The summed E-state index contributed by atoms with van der Waals surface area (Å²) in [7, 11) is -1.77. The average Bonchev–Trinajstić information content (AvgIpc) is 2.73. The summed E-state index contributed by atoms with van der Waals surface area (Å²) in [5.41, 5.74) is 0.0666. The van der Waals surface area contributed by atoms with Gasteiger partial charge in [0.2, 0.25) is 0 Å². The van der Waals surface area contributed by atoms with Gasteiger partial charge in [-0.05, 0) is 50.8 Å².